The Morgan fingerprint density at radius 2 is 2.30 bits per heavy atom. The molecule has 1 saturated heterocycles. The lowest BCUT2D eigenvalue weighted by molar-refractivity contribution is 0.0270. The van der Waals surface area contributed by atoms with Gasteiger partial charge in [-0.2, -0.15) is 0 Å². The number of ether oxygens (including phenoxy) is 1. The van der Waals surface area contributed by atoms with E-state index in [0.717, 1.165) is 0 Å². The van der Waals surface area contributed by atoms with Gasteiger partial charge in [0.15, 0.2) is 0 Å². The van der Waals surface area contributed by atoms with Gasteiger partial charge in [-0.1, -0.05) is 6.07 Å². The summed E-state index contributed by atoms with van der Waals surface area (Å²) in [5.41, 5.74) is -0.509. The first-order valence-corrected chi connectivity index (χ1v) is 7.65. The van der Waals surface area contributed by atoms with E-state index in [1.165, 1.54) is 4.88 Å². The molecule has 1 amide bonds. The van der Waals surface area contributed by atoms with Gasteiger partial charge in [0.1, 0.15) is 5.60 Å². The Bertz CT molecular complexity index is 442. The monoisotopic (exact) mass is 298 g/mol. The third-order valence-corrected chi connectivity index (χ3v) is 3.94. The summed E-state index contributed by atoms with van der Waals surface area (Å²) in [5.74, 6) is 0. The molecule has 2 rings (SSSR count). The SMILES string of the molecule is CC(C)(C)OC(=O)N1CC(O)C(NCc2cccs2)C1. The van der Waals surface area contributed by atoms with Crippen molar-refractivity contribution in [2.75, 3.05) is 13.1 Å². The van der Waals surface area contributed by atoms with Crippen LogP contribution < -0.4 is 5.32 Å². The lowest BCUT2D eigenvalue weighted by Crippen LogP contribution is -2.39. The summed E-state index contributed by atoms with van der Waals surface area (Å²) in [6.07, 6.45) is -0.917. The summed E-state index contributed by atoms with van der Waals surface area (Å²) >= 11 is 1.67. The van der Waals surface area contributed by atoms with Gasteiger partial charge >= 0.3 is 6.09 Å². The summed E-state index contributed by atoms with van der Waals surface area (Å²) in [6.45, 7) is 7.01. The number of carbonyl (C=O) groups is 1. The minimum absolute atomic E-state index is 0.107. The lowest BCUT2D eigenvalue weighted by Gasteiger charge is -2.24. The van der Waals surface area contributed by atoms with Gasteiger partial charge in [-0.15, -0.1) is 11.3 Å². The highest BCUT2D eigenvalue weighted by atomic mass is 32.1. The number of rotatable bonds is 3. The van der Waals surface area contributed by atoms with Gasteiger partial charge in [0.2, 0.25) is 0 Å². The quantitative estimate of drug-likeness (QED) is 0.893. The molecule has 0 aliphatic carbocycles. The highest BCUT2D eigenvalue weighted by Gasteiger charge is 2.35. The van der Waals surface area contributed by atoms with Crippen molar-refractivity contribution in [1.29, 1.82) is 0 Å². The number of hydrogen-bond donors (Lipinski definition) is 2. The number of nitrogens with one attached hydrogen (secondary N) is 1. The molecule has 1 aliphatic rings. The van der Waals surface area contributed by atoms with Crippen LogP contribution in [0.1, 0.15) is 25.6 Å². The minimum Gasteiger partial charge on any atom is -0.444 e. The van der Waals surface area contributed by atoms with Crippen LogP contribution in [0.15, 0.2) is 17.5 Å². The zero-order chi connectivity index (χ0) is 14.8. The fourth-order valence-corrected chi connectivity index (χ4v) is 2.76. The van der Waals surface area contributed by atoms with Crippen LogP contribution in [-0.2, 0) is 11.3 Å². The number of amides is 1. The van der Waals surface area contributed by atoms with Crippen LogP contribution in [0.4, 0.5) is 4.79 Å². The molecule has 0 bridgehead atoms. The number of thiophene rings is 1. The van der Waals surface area contributed by atoms with Gasteiger partial charge in [-0.05, 0) is 32.2 Å². The zero-order valence-corrected chi connectivity index (χ0v) is 12.9. The van der Waals surface area contributed by atoms with Crippen molar-refractivity contribution < 1.29 is 14.6 Å². The maximum absolute atomic E-state index is 12.0. The summed E-state index contributed by atoms with van der Waals surface area (Å²) in [6, 6.07) is 3.94. The highest BCUT2D eigenvalue weighted by molar-refractivity contribution is 7.09. The Labute approximate surface area is 123 Å². The molecule has 5 nitrogen and oxygen atoms in total. The molecule has 0 saturated carbocycles. The molecule has 0 radical (unpaired) electrons. The first-order chi connectivity index (χ1) is 9.35. The normalized spacial score (nSPS) is 23.1. The van der Waals surface area contributed by atoms with Crippen LogP contribution in [0.3, 0.4) is 0 Å². The summed E-state index contributed by atoms with van der Waals surface area (Å²) in [5, 5.41) is 15.3. The molecular formula is C14H22N2O3S. The number of carbonyl (C=O) groups excluding carboxylic acids is 1. The summed E-state index contributed by atoms with van der Waals surface area (Å²) in [4.78, 5) is 14.7. The first kappa shape index (κ1) is 15.3. The van der Waals surface area contributed by atoms with Crippen LogP contribution in [0, 0.1) is 0 Å². The number of aliphatic hydroxyl groups excluding tert-OH is 1. The molecule has 0 aromatic carbocycles. The molecule has 2 heterocycles. The van der Waals surface area contributed by atoms with E-state index >= 15 is 0 Å². The predicted octanol–water partition coefficient (Wildman–Crippen LogP) is 1.82. The van der Waals surface area contributed by atoms with Crippen molar-refractivity contribution in [1.82, 2.24) is 10.2 Å². The molecule has 1 aliphatic heterocycles. The van der Waals surface area contributed by atoms with Gasteiger partial charge in [-0.3, -0.25) is 0 Å². The zero-order valence-electron chi connectivity index (χ0n) is 12.1. The lowest BCUT2D eigenvalue weighted by atomic mass is 10.2. The summed E-state index contributed by atoms with van der Waals surface area (Å²) < 4.78 is 5.32. The van der Waals surface area contributed by atoms with Gasteiger partial charge in [0.05, 0.1) is 18.7 Å². The number of nitrogens with zero attached hydrogens (tertiary/aromatic N) is 1. The van der Waals surface area contributed by atoms with E-state index in [9.17, 15) is 9.90 Å². The van der Waals surface area contributed by atoms with Crippen molar-refractivity contribution in [2.45, 2.75) is 45.1 Å². The predicted molar refractivity (Wildman–Crippen MR) is 78.8 cm³/mol. The average Bonchev–Trinajstić information content (AvgIpc) is 2.93. The third-order valence-electron chi connectivity index (χ3n) is 3.06. The smallest absolute Gasteiger partial charge is 0.410 e. The molecule has 6 heteroatoms. The number of aliphatic hydroxyl groups is 1. The highest BCUT2D eigenvalue weighted by Crippen LogP contribution is 2.17. The van der Waals surface area contributed by atoms with Gasteiger partial charge in [-0.25, -0.2) is 4.79 Å². The maximum Gasteiger partial charge on any atom is 0.410 e. The van der Waals surface area contributed by atoms with E-state index in [1.807, 2.05) is 38.3 Å². The Kier molecular flexibility index (Phi) is 4.67. The molecule has 2 atom stereocenters. The third kappa shape index (κ3) is 4.19. The second-order valence-electron chi connectivity index (χ2n) is 6.02. The Hall–Kier alpha value is -1.11. The Morgan fingerprint density at radius 1 is 1.55 bits per heavy atom. The molecule has 1 aromatic heterocycles. The van der Waals surface area contributed by atoms with E-state index in [2.05, 4.69) is 5.32 Å². The van der Waals surface area contributed by atoms with Crippen LogP contribution >= 0.6 is 11.3 Å². The number of β-amino-alcohol motifs (C(OH)–C–C–N with tert-alkyl or cyclic N) is 1. The topological polar surface area (TPSA) is 61.8 Å². The molecule has 2 N–H and O–H groups in total. The van der Waals surface area contributed by atoms with E-state index in [1.54, 1.807) is 16.2 Å². The molecule has 2 unspecified atom stereocenters. The Balaban J connectivity index is 1.84. The van der Waals surface area contributed by atoms with Crippen molar-refractivity contribution in [2.24, 2.45) is 0 Å². The van der Waals surface area contributed by atoms with Gasteiger partial charge in [0.25, 0.3) is 0 Å². The number of hydrogen-bond acceptors (Lipinski definition) is 5. The average molecular weight is 298 g/mol. The largest absolute Gasteiger partial charge is 0.444 e. The van der Waals surface area contributed by atoms with Gasteiger partial charge in [0, 0.05) is 18.0 Å². The van der Waals surface area contributed by atoms with Crippen molar-refractivity contribution in [3.8, 4) is 0 Å². The Morgan fingerprint density at radius 3 is 2.90 bits per heavy atom. The fourth-order valence-electron chi connectivity index (χ4n) is 2.11. The molecule has 112 valence electrons. The van der Waals surface area contributed by atoms with E-state index < -0.39 is 11.7 Å². The molecule has 0 spiro atoms. The van der Waals surface area contributed by atoms with Crippen molar-refractivity contribution in [3.63, 3.8) is 0 Å². The van der Waals surface area contributed by atoms with Gasteiger partial charge < -0.3 is 20.1 Å². The molecule has 1 fully saturated rings. The van der Waals surface area contributed by atoms with E-state index in [4.69, 9.17) is 4.74 Å². The maximum atomic E-state index is 12.0. The van der Waals surface area contributed by atoms with Crippen LogP contribution in [0.5, 0.6) is 0 Å². The van der Waals surface area contributed by atoms with Crippen LogP contribution in [0.25, 0.3) is 0 Å². The first-order valence-electron chi connectivity index (χ1n) is 6.77. The van der Waals surface area contributed by atoms with Crippen LogP contribution in [-0.4, -0.2) is 46.9 Å². The molecule has 20 heavy (non-hydrogen) atoms. The second-order valence-corrected chi connectivity index (χ2v) is 7.05. The molecule has 1 aromatic rings. The fraction of sp³-hybridized carbons (Fsp3) is 0.643. The van der Waals surface area contributed by atoms with E-state index in [-0.39, 0.29) is 12.1 Å². The van der Waals surface area contributed by atoms with Crippen LogP contribution in [0.2, 0.25) is 0 Å². The minimum atomic E-state index is -0.553. The molecular weight excluding hydrogens is 276 g/mol. The van der Waals surface area contributed by atoms with Crippen molar-refractivity contribution in [3.05, 3.63) is 22.4 Å². The standard InChI is InChI=1S/C14H22N2O3S/c1-14(2,3)19-13(18)16-8-11(12(17)9-16)15-7-10-5-4-6-20-10/h4-6,11-12,15,17H,7-9H2,1-3H3. The summed E-state index contributed by atoms with van der Waals surface area (Å²) in [7, 11) is 0. The second kappa shape index (κ2) is 6.11. The van der Waals surface area contributed by atoms with E-state index in [0.29, 0.717) is 19.6 Å². The van der Waals surface area contributed by atoms with Crippen molar-refractivity contribution >= 4 is 17.4 Å². The number of likely N-dealkylation sites (tertiary alicyclic amines) is 1.